The van der Waals surface area contributed by atoms with E-state index in [1.54, 1.807) is 34.1 Å². The zero-order chi connectivity index (χ0) is 45.2. The third-order valence-electron chi connectivity index (χ3n) is 9.76. The van der Waals surface area contributed by atoms with Crippen molar-refractivity contribution < 1.29 is 28.7 Å². The minimum atomic E-state index is -1.37. The summed E-state index contributed by atoms with van der Waals surface area (Å²) in [6.45, 7) is 0.793. The number of rotatable bonds is 12. The highest BCUT2D eigenvalue weighted by Gasteiger charge is 2.26. The molecule has 12 nitrogen and oxygen atoms in total. The zero-order valence-electron chi connectivity index (χ0n) is 35.6. The van der Waals surface area contributed by atoms with Crippen LogP contribution in [0.1, 0.15) is 11.1 Å². The summed E-state index contributed by atoms with van der Waals surface area (Å²) in [4.78, 5) is 51.1. The van der Waals surface area contributed by atoms with Crippen LogP contribution in [0.5, 0.6) is 11.5 Å². The van der Waals surface area contributed by atoms with Crippen LogP contribution in [-0.4, -0.2) is 23.9 Å². The van der Waals surface area contributed by atoms with Gasteiger partial charge in [0.2, 0.25) is 11.9 Å². The fourth-order valence-electron chi connectivity index (χ4n) is 6.56. The number of hydroxylamine groups is 2. The first-order valence-electron chi connectivity index (χ1n) is 21.0. The summed E-state index contributed by atoms with van der Waals surface area (Å²) < 4.78 is 12.1. The Hall–Kier alpha value is -9.16. The smallest absolute Gasteiger partial charge is 0.443 e. The van der Waals surface area contributed by atoms with Crippen molar-refractivity contribution >= 4 is 58.0 Å². The highest BCUT2D eigenvalue weighted by Crippen LogP contribution is 2.31. The number of ether oxygens (including phenoxy) is 2. The molecule has 0 aliphatic carbocycles. The lowest BCUT2D eigenvalue weighted by molar-refractivity contribution is -0.172. The molecule has 0 aliphatic heterocycles. The number of aliphatic imine (C=N–C) groups is 2. The number of para-hydroxylation sites is 4. The molecule has 0 atom stereocenters. The highest BCUT2D eigenvalue weighted by molar-refractivity contribution is 6.30. The molecule has 66 heavy (non-hydrogen) atoms. The van der Waals surface area contributed by atoms with Gasteiger partial charge in [-0.2, -0.15) is 11.0 Å². The second-order valence-corrected chi connectivity index (χ2v) is 14.4. The number of benzene rings is 8. The van der Waals surface area contributed by atoms with Crippen molar-refractivity contribution in [2.75, 3.05) is 9.80 Å². The van der Waals surface area contributed by atoms with Crippen molar-refractivity contribution in [3.05, 3.63) is 242 Å². The summed E-state index contributed by atoms with van der Waals surface area (Å²) in [6.07, 6.45) is 0. The standard InChI is InChI=1S/C54H44N6O6/c61-51(65-57-53(55-43-23-11-3-12-24-43)59(45-27-15-5-16-28-45)47-31-35-49(36-32-47)63-39-41-19-7-1-8-20-41)52(62)66-58-54(56-44-25-13-4-14-26-44)60(46-29-17-6-18-30-46)48-33-37-50(38-34-48)64-40-42-21-9-2-10-22-42/h1-38H,39-40H2,(H,55,57)(H,56,58). The van der Waals surface area contributed by atoms with Crippen LogP contribution in [0, 0.1) is 0 Å². The number of guanidine groups is 2. The Bertz CT molecular complexity index is 2620. The average molecular weight is 873 g/mol. The van der Waals surface area contributed by atoms with Gasteiger partial charge in [0.15, 0.2) is 0 Å². The molecule has 0 fully saturated rings. The molecule has 0 amide bonds. The van der Waals surface area contributed by atoms with E-state index in [0.29, 0.717) is 58.8 Å². The van der Waals surface area contributed by atoms with Crippen LogP contribution in [0.25, 0.3) is 0 Å². The summed E-state index contributed by atoms with van der Waals surface area (Å²) in [5.41, 5.74) is 11.1. The molecule has 0 radical (unpaired) electrons. The molecule has 0 saturated heterocycles. The molecule has 2 N–H and O–H groups in total. The maximum Gasteiger partial charge on any atom is 0.443 e. The third-order valence-corrected chi connectivity index (χ3v) is 9.76. The van der Waals surface area contributed by atoms with Gasteiger partial charge in [-0.05, 0) is 108 Å². The van der Waals surface area contributed by atoms with Gasteiger partial charge in [0.1, 0.15) is 24.7 Å². The Kier molecular flexibility index (Phi) is 14.7. The van der Waals surface area contributed by atoms with E-state index >= 15 is 0 Å². The lowest BCUT2D eigenvalue weighted by Crippen LogP contribution is -2.44. The van der Waals surface area contributed by atoms with Gasteiger partial charge in [-0.25, -0.2) is 19.6 Å². The minimum Gasteiger partial charge on any atom is -0.489 e. The maximum absolute atomic E-state index is 13.6. The summed E-state index contributed by atoms with van der Waals surface area (Å²) >= 11 is 0. The van der Waals surface area contributed by atoms with E-state index in [2.05, 4.69) is 11.0 Å². The lowest BCUT2D eigenvalue weighted by Gasteiger charge is -2.27. The SMILES string of the molecule is O=C(ONC(=Nc1ccccc1)N(c1ccccc1)c1ccc(OCc2ccccc2)cc1)C(=O)ONC(=Nc1ccccc1)N(c1ccccc1)c1ccc(OCc2ccccc2)cc1. The molecule has 0 saturated carbocycles. The average Bonchev–Trinajstić information content (AvgIpc) is 3.38. The van der Waals surface area contributed by atoms with Gasteiger partial charge >= 0.3 is 11.9 Å². The molecule has 8 aromatic rings. The normalized spacial score (nSPS) is 11.2. The van der Waals surface area contributed by atoms with Gasteiger partial charge in [0.05, 0.1) is 11.4 Å². The first-order valence-corrected chi connectivity index (χ1v) is 21.0. The summed E-state index contributed by atoms with van der Waals surface area (Å²) in [7, 11) is 0. The number of hydrogen-bond acceptors (Lipinski definition) is 8. The van der Waals surface area contributed by atoms with Crippen molar-refractivity contribution in [1.29, 1.82) is 0 Å². The van der Waals surface area contributed by atoms with Gasteiger partial charge in [0.25, 0.3) is 0 Å². The Morgan fingerprint density at radius 1 is 0.364 bits per heavy atom. The molecule has 0 spiro atoms. The Labute approximate surface area is 382 Å². The second kappa shape index (κ2) is 22.3. The number of hydrogen-bond donors (Lipinski definition) is 2. The van der Waals surface area contributed by atoms with Crippen LogP contribution >= 0.6 is 0 Å². The van der Waals surface area contributed by atoms with Crippen LogP contribution in [0.15, 0.2) is 241 Å². The summed E-state index contributed by atoms with van der Waals surface area (Å²) in [6, 6.07) is 71.5. The van der Waals surface area contributed by atoms with Gasteiger partial charge in [0, 0.05) is 22.7 Å². The third kappa shape index (κ3) is 12.1. The van der Waals surface area contributed by atoms with Crippen molar-refractivity contribution in [1.82, 2.24) is 11.0 Å². The molecule has 0 bridgehead atoms. The van der Waals surface area contributed by atoms with Crippen LogP contribution < -0.4 is 30.2 Å². The van der Waals surface area contributed by atoms with Gasteiger partial charge in [-0.3, -0.25) is 9.80 Å². The van der Waals surface area contributed by atoms with Gasteiger partial charge in [-0.15, -0.1) is 0 Å². The summed E-state index contributed by atoms with van der Waals surface area (Å²) in [5.74, 6) is -1.30. The quantitative estimate of drug-likeness (QED) is 0.0530. The Morgan fingerprint density at radius 3 is 0.985 bits per heavy atom. The topological polar surface area (TPSA) is 126 Å². The number of anilines is 4. The molecule has 0 heterocycles. The van der Waals surface area contributed by atoms with E-state index in [4.69, 9.17) is 29.1 Å². The van der Waals surface area contributed by atoms with E-state index in [0.717, 1.165) is 11.1 Å². The molecule has 8 aromatic carbocycles. The van der Waals surface area contributed by atoms with Gasteiger partial charge in [-0.1, -0.05) is 133 Å². The van der Waals surface area contributed by atoms with Gasteiger partial charge < -0.3 is 19.1 Å². The highest BCUT2D eigenvalue weighted by atomic mass is 16.7. The Balaban J connectivity index is 1.02. The molecular weight excluding hydrogens is 829 g/mol. The number of nitrogens with one attached hydrogen (secondary N) is 2. The van der Waals surface area contributed by atoms with Crippen LogP contribution in [0.4, 0.5) is 34.1 Å². The minimum absolute atomic E-state index is 0.0669. The fourth-order valence-corrected chi connectivity index (χ4v) is 6.56. The second-order valence-electron chi connectivity index (χ2n) is 14.4. The van der Waals surface area contributed by atoms with Crippen LogP contribution in [-0.2, 0) is 32.5 Å². The maximum atomic E-state index is 13.6. The predicted molar refractivity (Wildman–Crippen MR) is 257 cm³/mol. The van der Waals surface area contributed by atoms with Crippen LogP contribution in [0.3, 0.4) is 0 Å². The first kappa shape index (κ1) is 43.5. The van der Waals surface area contributed by atoms with E-state index in [1.807, 2.05) is 206 Å². The lowest BCUT2D eigenvalue weighted by atomic mass is 10.2. The van der Waals surface area contributed by atoms with Crippen molar-refractivity contribution in [2.24, 2.45) is 9.98 Å². The first-order chi connectivity index (χ1) is 32.6. The number of carbonyl (C=O) groups is 2. The predicted octanol–water partition coefficient (Wildman–Crippen LogP) is 11.3. The van der Waals surface area contributed by atoms with Crippen molar-refractivity contribution in [2.45, 2.75) is 13.2 Å². The van der Waals surface area contributed by atoms with E-state index < -0.39 is 11.9 Å². The monoisotopic (exact) mass is 872 g/mol. The van der Waals surface area contributed by atoms with Crippen LogP contribution in [0.2, 0.25) is 0 Å². The fraction of sp³-hybridized carbons (Fsp3) is 0.0370. The summed E-state index contributed by atoms with van der Waals surface area (Å²) in [5, 5.41) is 0. The number of carbonyl (C=O) groups excluding carboxylic acids is 2. The van der Waals surface area contributed by atoms with E-state index in [9.17, 15) is 9.59 Å². The molecule has 12 heteroatoms. The molecule has 0 unspecified atom stereocenters. The molecule has 8 rings (SSSR count). The van der Waals surface area contributed by atoms with E-state index in [-0.39, 0.29) is 11.9 Å². The molecule has 0 aliphatic rings. The largest absolute Gasteiger partial charge is 0.489 e. The number of nitrogens with zero attached hydrogens (tertiary/aromatic N) is 4. The molecule has 326 valence electrons. The Morgan fingerprint density at radius 2 is 0.652 bits per heavy atom. The van der Waals surface area contributed by atoms with E-state index in [1.165, 1.54) is 0 Å². The zero-order valence-corrected chi connectivity index (χ0v) is 35.6. The molecular formula is C54H44N6O6. The van der Waals surface area contributed by atoms with Crippen molar-refractivity contribution in [3.63, 3.8) is 0 Å². The molecule has 0 aromatic heterocycles. The van der Waals surface area contributed by atoms with Crippen molar-refractivity contribution in [3.8, 4) is 11.5 Å².